The molecule has 0 saturated carbocycles. The Bertz CT molecular complexity index is 858. The summed E-state index contributed by atoms with van der Waals surface area (Å²) in [5, 5.41) is 7.94. The number of thioether (sulfide) groups is 1. The first-order chi connectivity index (χ1) is 14.7. The molecule has 4 rings (SSSR count). The quantitative estimate of drug-likeness (QED) is 0.463. The smallest absolute Gasteiger partial charge is 0.191 e. The van der Waals surface area contributed by atoms with Gasteiger partial charge >= 0.3 is 0 Å². The van der Waals surface area contributed by atoms with Crippen LogP contribution in [0.25, 0.3) is 10.9 Å². The lowest BCUT2D eigenvalue weighted by Crippen LogP contribution is -2.56. The van der Waals surface area contributed by atoms with Gasteiger partial charge in [0.2, 0.25) is 0 Å². The third-order valence-corrected chi connectivity index (χ3v) is 7.29. The minimum absolute atomic E-state index is 0.151. The van der Waals surface area contributed by atoms with Crippen LogP contribution in [0.2, 0.25) is 0 Å². The molecule has 2 aliphatic rings. The molecule has 1 aromatic heterocycles. The number of hydrogen-bond donors (Lipinski definition) is 3. The molecule has 2 saturated heterocycles. The van der Waals surface area contributed by atoms with E-state index in [0.717, 1.165) is 75.0 Å². The van der Waals surface area contributed by atoms with E-state index in [2.05, 4.69) is 27.4 Å². The Kier molecular flexibility index (Phi) is 7.17. The number of aliphatic imine (C=N–C) groups is 1. The molecule has 3 heterocycles. The molecule has 0 bridgehead atoms. The lowest BCUT2D eigenvalue weighted by atomic mass is 9.96. The number of aromatic nitrogens is 1. The van der Waals surface area contributed by atoms with E-state index < -0.39 is 0 Å². The molecule has 2 aromatic rings. The van der Waals surface area contributed by atoms with Crippen molar-refractivity contribution in [3.8, 4) is 0 Å². The predicted molar refractivity (Wildman–Crippen MR) is 123 cm³/mol. The number of morpholine rings is 1. The van der Waals surface area contributed by atoms with Gasteiger partial charge in [0.15, 0.2) is 5.96 Å². The van der Waals surface area contributed by atoms with Crippen LogP contribution in [0.5, 0.6) is 0 Å². The number of benzene rings is 1. The third kappa shape index (κ3) is 4.92. The molecule has 1 atom stereocenters. The number of guanidine groups is 1. The number of nitrogens with one attached hydrogen (secondary N) is 3. The number of ether oxygens (including phenoxy) is 1. The number of aromatic amines is 1. The standard InChI is InChI=1S/C22H32FN5OS/c1-2-24-21(25-7-5-17-14-26-20-13-18(23)3-4-19(17)20)27-15-22(6-12-30-16-22)28-8-10-29-11-9-28/h3-4,13-14,26H,2,5-12,15-16H2,1H3,(H2,24,25,27). The van der Waals surface area contributed by atoms with Crippen LogP contribution in [0.3, 0.4) is 0 Å². The Morgan fingerprint density at radius 2 is 2.20 bits per heavy atom. The number of hydrogen-bond acceptors (Lipinski definition) is 4. The average molecular weight is 434 g/mol. The zero-order valence-corrected chi connectivity index (χ0v) is 18.5. The summed E-state index contributed by atoms with van der Waals surface area (Å²) in [4.78, 5) is 10.7. The van der Waals surface area contributed by atoms with Crippen molar-refractivity contribution in [3.05, 3.63) is 35.8 Å². The highest BCUT2D eigenvalue weighted by Gasteiger charge is 2.40. The van der Waals surface area contributed by atoms with E-state index in [-0.39, 0.29) is 11.4 Å². The van der Waals surface area contributed by atoms with Gasteiger partial charge in [0.05, 0.1) is 25.3 Å². The first kappa shape index (κ1) is 21.5. The summed E-state index contributed by atoms with van der Waals surface area (Å²) in [6.45, 7) is 8.15. The zero-order chi connectivity index (χ0) is 20.8. The molecule has 6 nitrogen and oxygen atoms in total. The van der Waals surface area contributed by atoms with Crippen LogP contribution in [-0.4, -0.2) is 78.8 Å². The van der Waals surface area contributed by atoms with Crippen molar-refractivity contribution in [1.82, 2.24) is 20.5 Å². The first-order valence-corrected chi connectivity index (χ1v) is 12.0. The van der Waals surface area contributed by atoms with Crippen molar-refractivity contribution >= 4 is 28.6 Å². The molecule has 1 aromatic carbocycles. The average Bonchev–Trinajstić information content (AvgIpc) is 3.40. The van der Waals surface area contributed by atoms with Gasteiger partial charge < -0.3 is 20.4 Å². The summed E-state index contributed by atoms with van der Waals surface area (Å²) in [6, 6.07) is 4.91. The van der Waals surface area contributed by atoms with Crippen LogP contribution in [0, 0.1) is 5.82 Å². The number of halogens is 1. The lowest BCUT2D eigenvalue weighted by Gasteiger charge is -2.42. The fourth-order valence-electron chi connectivity index (χ4n) is 4.36. The van der Waals surface area contributed by atoms with Gasteiger partial charge in [0.1, 0.15) is 5.82 Å². The Hall–Kier alpha value is -1.77. The summed E-state index contributed by atoms with van der Waals surface area (Å²) < 4.78 is 19.0. The van der Waals surface area contributed by atoms with Gasteiger partial charge in [-0.3, -0.25) is 9.89 Å². The molecule has 2 fully saturated rings. The number of nitrogens with zero attached hydrogens (tertiary/aromatic N) is 2. The van der Waals surface area contributed by atoms with Crippen LogP contribution in [-0.2, 0) is 11.2 Å². The van der Waals surface area contributed by atoms with Crippen molar-refractivity contribution in [2.75, 3.05) is 57.4 Å². The second kappa shape index (κ2) is 10.0. The van der Waals surface area contributed by atoms with E-state index in [1.807, 2.05) is 24.0 Å². The van der Waals surface area contributed by atoms with Crippen molar-refractivity contribution in [3.63, 3.8) is 0 Å². The number of fused-ring (bicyclic) bond motifs is 1. The lowest BCUT2D eigenvalue weighted by molar-refractivity contribution is -0.0104. The molecular weight excluding hydrogens is 401 g/mol. The molecule has 0 spiro atoms. The maximum atomic E-state index is 13.4. The number of rotatable bonds is 7. The molecule has 164 valence electrons. The fraction of sp³-hybridized carbons (Fsp3) is 0.591. The molecule has 30 heavy (non-hydrogen) atoms. The van der Waals surface area contributed by atoms with Crippen LogP contribution >= 0.6 is 11.8 Å². The minimum Gasteiger partial charge on any atom is -0.379 e. The van der Waals surface area contributed by atoms with Crippen molar-refractivity contribution < 1.29 is 9.13 Å². The largest absolute Gasteiger partial charge is 0.379 e. The molecule has 0 aliphatic carbocycles. The normalized spacial score (nSPS) is 23.2. The Morgan fingerprint density at radius 3 is 2.97 bits per heavy atom. The van der Waals surface area contributed by atoms with Crippen molar-refractivity contribution in [1.29, 1.82) is 0 Å². The second-order valence-electron chi connectivity index (χ2n) is 8.00. The van der Waals surface area contributed by atoms with Gasteiger partial charge in [-0.05, 0) is 49.3 Å². The van der Waals surface area contributed by atoms with Gasteiger partial charge in [0, 0.05) is 49.0 Å². The highest BCUT2D eigenvalue weighted by Crippen LogP contribution is 2.34. The summed E-state index contributed by atoms with van der Waals surface area (Å²) in [7, 11) is 0. The fourth-order valence-corrected chi connectivity index (χ4v) is 5.82. The Labute approximate surface area is 182 Å². The Balaban J connectivity index is 1.38. The zero-order valence-electron chi connectivity index (χ0n) is 17.7. The van der Waals surface area contributed by atoms with Gasteiger partial charge in [-0.2, -0.15) is 11.8 Å². The second-order valence-corrected chi connectivity index (χ2v) is 9.11. The van der Waals surface area contributed by atoms with Gasteiger partial charge in [0.25, 0.3) is 0 Å². The molecule has 0 amide bonds. The van der Waals surface area contributed by atoms with Crippen LogP contribution in [0.4, 0.5) is 4.39 Å². The predicted octanol–water partition coefficient (Wildman–Crippen LogP) is 2.61. The molecule has 8 heteroatoms. The summed E-state index contributed by atoms with van der Waals surface area (Å²) in [6.07, 6.45) is 4.01. The molecule has 0 radical (unpaired) electrons. The van der Waals surface area contributed by atoms with E-state index in [0.29, 0.717) is 0 Å². The van der Waals surface area contributed by atoms with E-state index in [9.17, 15) is 4.39 Å². The first-order valence-electron chi connectivity index (χ1n) is 10.9. The van der Waals surface area contributed by atoms with Gasteiger partial charge in [-0.1, -0.05) is 0 Å². The van der Waals surface area contributed by atoms with Crippen molar-refractivity contribution in [2.24, 2.45) is 4.99 Å². The van der Waals surface area contributed by atoms with Gasteiger partial charge in [-0.25, -0.2) is 4.39 Å². The molecule has 2 aliphatic heterocycles. The van der Waals surface area contributed by atoms with Crippen LogP contribution in [0.1, 0.15) is 18.9 Å². The molecule has 3 N–H and O–H groups in total. The van der Waals surface area contributed by atoms with Gasteiger partial charge in [-0.15, -0.1) is 0 Å². The molecule has 1 unspecified atom stereocenters. The van der Waals surface area contributed by atoms with E-state index in [1.165, 1.54) is 23.8 Å². The Morgan fingerprint density at radius 1 is 1.33 bits per heavy atom. The highest BCUT2D eigenvalue weighted by molar-refractivity contribution is 7.99. The number of H-pyrrole nitrogens is 1. The molecular formula is C22H32FN5OS. The van der Waals surface area contributed by atoms with E-state index in [4.69, 9.17) is 9.73 Å². The SMILES string of the molecule is CCNC(=NCC1(N2CCOCC2)CCSC1)NCCc1c[nH]c2cc(F)ccc12. The highest BCUT2D eigenvalue weighted by atomic mass is 32.2. The third-order valence-electron chi connectivity index (χ3n) is 6.06. The summed E-state index contributed by atoms with van der Waals surface area (Å²) >= 11 is 2.04. The summed E-state index contributed by atoms with van der Waals surface area (Å²) in [5.74, 6) is 3.00. The van der Waals surface area contributed by atoms with Crippen LogP contribution in [0.15, 0.2) is 29.4 Å². The van der Waals surface area contributed by atoms with Crippen molar-refractivity contribution in [2.45, 2.75) is 25.3 Å². The topological polar surface area (TPSA) is 64.7 Å². The van der Waals surface area contributed by atoms with Crippen LogP contribution < -0.4 is 10.6 Å². The summed E-state index contributed by atoms with van der Waals surface area (Å²) in [5.41, 5.74) is 2.18. The van der Waals surface area contributed by atoms with E-state index >= 15 is 0 Å². The maximum absolute atomic E-state index is 13.4. The minimum atomic E-state index is -0.213. The van der Waals surface area contributed by atoms with E-state index in [1.54, 1.807) is 6.07 Å². The maximum Gasteiger partial charge on any atom is 0.191 e. The monoisotopic (exact) mass is 433 g/mol.